The summed E-state index contributed by atoms with van der Waals surface area (Å²) in [7, 11) is 0. The number of carboxylic acid groups (broad SMARTS) is 1. The number of aliphatic hydroxyl groups excluding tert-OH is 2. The molecule has 1 aliphatic heterocycles. The molecule has 0 bridgehead atoms. The van der Waals surface area contributed by atoms with E-state index in [-0.39, 0.29) is 18.1 Å². The molecule has 5 aliphatic rings. The van der Waals surface area contributed by atoms with E-state index in [0.29, 0.717) is 19.3 Å². The van der Waals surface area contributed by atoms with Gasteiger partial charge in [0.15, 0.2) is 35.3 Å². The number of rotatable bonds is 3. The Morgan fingerprint density at radius 2 is 1.83 bits per heavy atom. The van der Waals surface area contributed by atoms with E-state index in [1.807, 2.05) is 6.92 Å². The summed E-state index contributed by atoms with van der Waals surface area (Å²) < 4.78 is 40.0. The number of allylic oxidation sites excluding steroid dienone is 4. The standard InChI is InChI=1S/C24H31FO6.C2H3FO2/c1-20(2)30-19-10-16-15-6-5-13-9-14(27)7-8-21(13,3)23(15,25)17(28)11-22(16,4)24(19,31-20)18(29)12-26;3-1-2(4)5/h7-9,15-17,19,26,28H,5-6,10-12H2,1-4H3;1H2,(H,4,5)/t15-,16-,17-,19+,21-,22-,23-,24+;/m0./s1. The van der Waals surface area contributed by atoms with Crippen LogP contribution in [0.25, 0.3) is 0 Å². The highest BCUT2D eigenvalue weighted by Crippen LogP contribution is 2.72. The number of carbonyl (C=O) groups excluding carboxylic acids is 2. The number of carboxylic acids is 1. The highest BCUT2D eigenvalue weighted by Gasteiger charge is 2.79. The lowest BCUT2D eigenvalue weighted by Gasteiger charge is -2.62. The predicted molar refractivity (Wildman–Crippen MR) is 122 cm³/mol. The van der Waals surface area contributed by atoms with Gasteiger partial charge >= 0.3 is 5.97 Å². The van der Waals surface area contributed by atoms with Gasteiger partial charge in [0.05, 0.1) is 12.2 Å². The van der Waals surface area contributed by atoms with Gasteiger partial charge in [0.25, 0.3) is 0 Å². The molecular formula is C26H34F2O8. The first kappa shape index (κ1) is 27.0. The zero-order valence-electron chi connectivity index (χ0n) is 20.9. The molecule has 0 aromatic carbocycles. The third-order valence-electron chi connectivity index (χ3n) is 9.31. The molecule has 5 rings (SSSR count). The number of carbonyl (C=O) groups is 3. The van der Waals surface area contributed by atoms with Gasteiger partial charge in [-0.3, -0.25) is 9.59 Å². The van der Waals surface area contributed by atoms with Gasteiger partial charge in [0, 0.05) is 16.7 Å². The molecule has 0 spiro atoms. The van der Waals surface area contributed by atoms with Crippen LogP contribution in [0.15, 0.2) is 23.8 Å². The normalized spacial score (nSPS) is 45.9. The van der Waals surface area contributed by atoms with E-state index in [1.165, 1.54) is 12.2 Å². The van der Waals surface area contributed by atoms with E-state index in [9.17, 15) is 24.2 Å². The number of hydrogen-bond donors (Lipinski definition) is 3. The van der Waals surface area contributed by atoms with Crippen molar-refractivity contribution in [1.82, 2.24) is 0 Å². The van der Waals surface area contributed by atoms with Crippen molar-refractivity contribution in [1.29, 1.82) is 0 Å². The zero-order valence-corrected chi connectivity index (χ0v) is 20.9. The van der Waals surface area contributed by atoms with Gasteiger partial charge in [-0.05, 0) is 64.5 Å². The summed E-state index contributed by atoms with van der Waals surface area (Å²) in [5.41, 5.74) is -4.66. The molecule has 8 nitrogen and oxygen atoms in total. The Morgan fingerprint density at radius 1 is 1.19 bits per heavy atom. The van der Waals surface area contributed by atoms with Gasteiger partial charge in [-0.25, -0.2) is 13.6 Å². The molecule has 1 saturated heterocycles. The lowest BCUT2D eigenvalue weighted by molar-refractivity contribution is -0.246. The molecule has 3 N–H and O–H groups in total. The molecule has 200 valence electrons. The number of Topliss-reactive ketones (excluding diaryl/α,β-unsaturated/α-hetero) is 1. The van der Waals surface area contributed by atoms with Crippen molar-refractivity contribution in [3.8, 4) is 0 Å². The highest BCUT2D eigenvalue weighted by atomic mass is 19.1. The molecule has 0 aromatic heterocycles. The zero-order chi connectivity index (χ0) is 26.9. The number of hydrogen-bond acceptors (Lipinski definition) is 7. The predicted octanol–water partition coefficient (Wildman–Crippen LogP) is 2.46. The topological polar surface area (TPSA) is 130 Å². The van der Waals surface area contributed by atoms with Crippen molar-refractivity contribution in [3.05, 3.63) is 23.8 Å². The number of alkyl halides is 2. The van der Waals surface area contributed by atoms with Crippen molar-refractivity contribution in [2.24, 2.45) is 22.7 Å². The lowest BCUT2D eigenvalue weighted by atomic mass is 9.44. The number of aliphatic hydroxyl groups is 2. The van der Waals surface area contributed by atoms with Crippen LogP contribution in [-0.2, 0) is 23.9 Å². The van der Waals surface area contributed by atoms with Crippen LogP contribution in [0.5, 0.6) is 0 Å². The summed E-state index contributed by atoms with van der Waals surface area (Å²) in [5.74, 6) is -3.87. The summed E-state index contributed by atoms with van der Waals surface area (Å²) >= 11 is 0. The van der Waals surface area contributed by atoms with Gasteiger partial charge in [-0.15, -0.1) is 0 Å². The van der Waals surface area contributed by atoms with E-state index >= 15 is 4.39 Å². The second kappa shape index (κ2) is 8.51. The van der Waals surface area contributed by atoms with Crippen molar-refractivity contribution in [3.63, 3.8) is 0 Å². The maximum Gasteiger partial charge on any atom is 0.335 e. The maximum absolute atomic E-state index is 17.1. The van der Waals surface area contributed by atoms with Gasteiger partial charge in [-0.2, -0.15) is 0 Å². The quantitative estimate of drug-likeness (QED) is 0.526. The third-order valence-corrected chi connectivity index (χ3v) is 9.31. The fraction of sp³-hybridized carbons (Fsp3) is 0.731. The highest BCUT2D eigenvalue weighted by molar-refractivity contribution is 6.01. The molecule has 4 fully saturated rings. The number of ether oxygens (including phenoxy) is 2. The monoisotopic (exact) mass is 512 g/mol. The minimum atomic E-state index is -1.98. The lowest BCUT2D eigenvalue weighted by Crippen LogP contribution is -2.70. The Morgan fingerprint density at radius 3 is 2.42 bits per heavy atom. The van der Waals surface area contributed by atoms with Crippen molar-refractivity contribution in [2.45, 2.75) is 82.6 Å². The second-order valence-electron chi connectivity index (χ2n) is 11.5. The molecule has 8 atom stereocenters. The van der Waals surface area contributed by atoms with Crippen LogP contribution in [0.2, 0.25) is 0 Å². The molecule has 1 heterocycles. The molecule has 0 unspecified atom stereocenters. The first-order chi connectivity index (χ1) is 16.6. The number of halogens is 2. The summed E-state index contributed by atoms with van der Waals surface area (Å²) in [6.45, 7) is 5.14. The van der Waals surface area contributed by atoms with E-state index in [1.54, 1.807) is 26.8 Å². The van der Waals surface area contributed by atoms with Crippen LogP contribution in [0.3, 0.4) is 0 Å². The molecule has 0 radical (unpaired) electrons. The molecule has 3 saturated carbocycles. The maximum atomic E-state index is 17.1. The van der Waals surface area contributed by atoms with Crippen LogP contribution < -0.4 is 0 Å². The fourth-order valence-corrected chi connectivity index (χ4v) is 7.93. The number of fused-ring (bicyclic) bond motifs is 7. The molecule has 4 aliphatic carbocycles. The summed E-state index contributed by atoms with van der Waals surface area (Å²) in [5, 5.41) is 28.5. The first-order valence-corrected chi connectivity index (χ1v) is 12.2. The fourth-order valence-electron chi connectivity index (χ4n) is 7.93. The Balaban J connectivity index is 0.000000556. The average Bonchev–Trinajstić information content (AvgIpc) is 3.21. The summed E-state index contributed by atoms with van der Waals surface area (Å²) in [6.07, 6.45) is 4.00. The van der Waals surface area contributed by atoms with Gasteiger partial charge in [0.1, 0.15) is 6.61 Å². The minimum Gasteiger partial charge on any atom is -0.479 e. The second-order valence-corrected chi connectivity index (χ2v) is 11.5. The number of aliphatic carboxylic acids is 1. The largest absolute Gasteiger partial charge is 0.479 e. The molecule has 0 aromatic rings. The molecule has 10 heteroatoms. The molecule has 0 amide bonds. The minimum absolute atomic E-state index is 0.0109. The average molecular weight is 513 g/mol. The van der Waals surface area contributed by atoms with E-state index in [2.05, 4.69) is 0 Å². The first-order valence-electron chi connectivity index (χ1n) is 12.2. The molecular weight excluding hydrogens is 478 g/mol. The molecule has 36 heavy (non-hydrogen) atoms. The van der Waals surface area contributed by atoms with Crippen LogP contribution in [0, 0.1) is 22.7 Å². The Labute approximate surface area is 208 Å². The van der Waals surface area contributed by atoms with E-state index in [0.717, 1.165) is 5.57 Å². The summed E-state index contributed by atoms with van der Waals surface area (Å²) in [4.78, 5) is 34.1. The van der Waals surface area contributed by atoms with Gasteiger partial charge < -0.3 is 24.8 Å². The van der Waals surface area contributed by atoms with E-state index < -0.39 is 71.0 Å². The van der Waals surface area contributed by atoms with Gasteiger partial charge in [0.2, 0.25) is 0 Å². The van der Waals surface area contributed by atoms with Crippen molar-refractivity contribution < 1.29 is 48.0 Å². The Bertz CT molecular complexity index is 1040. The van der Waals surface area contributed by atoms with Crippen molar-refractivity contribution >= 4 is 17.5 Å². The van der Waals surface area contributed by atoms with Crippen LogP contribution in [-0.4, -0.2) is 75.4 Å². The third kappa shape index (κ3) is 3.40. The Hall–Kier alpha value is -2.01. The smallest absolute Gasteiger partial charge is 0.335 e. The summed E-state index contributed by atoms with van der Waals surface area (Å²) in [6, 6.07) is 0. The van der Waals surface area contributed by atoms with Crippen molar-refractivity contribution in [2.75, 3.05) is 13.3 Å². The SMILES string of the molecule is CC1(C)O[C@@H]2C[C@H]3[C@@H]4CCC5=CC(=O)C=C[C@]5(C)[C@@]4(F)[C@@H](O)C[C@]3(C)[C@]2(C(=O)CO)O1.O=C(O)CF. The van der Waals surface area contributed by atoms with E-state index in [4.69, 9.17) is 19.4 Å². The number of ketones is 2. The van der Waals surface area contributed by atoms with Crippen LogP contribution in [0.1, 0.15) is 53.4 Å². The van der Waals surface area contributed by atoms with Gasteiger partial charge in [-0.1, -0.05) is 18.6 Å². The Kier molecular flexibility index (Phi) is 6.39. The van der Waals surface area contributed by atoms with Crippen LogP contribution >= 0.6 is 0 Å². The van der Waals surface area contributed by atoms with Crippen LogP contribution in [0.4, 0.5) is 8.78 Å².